The number of amides is 2. The molecule has 0 aromatic heterocycles. The molecule has 35 heavy (non-hydrogen) atoms. The van der Waals surface area contributed by atoms with Gasteiger partial charge in [-0.05, 0) is 29.8 Å². The Hall–Kier alpha value is -3.98. The zero-order valence-corrected chi connectivity index (χ0v) is 19.9. The monoisotopic (exact) mass is 492 g/mol. The van der Waals surface area contributed by atoms with E-state index < -0.39 is 5.97 Å². The molecular formula is C26H24N2O6S. The number of thioether (sulfide) groups is 1. The second kappa shape index (κ2) is 11.4. The third kappa shape index (κ3) is 6.54. The highest BCUT2D eigenvalue weighted by atomic mass is 32.2. The van der Waals surface area contributed by atoms with E-state index in [9.17, 15) is 14.4 Å². The van der Waals surface area contributed by atoms with E-state index in [-0.39, 0.29) is 31.0 Å². The first-order chi connectivity index (χ1) is 17.0. The van der Waals surface area contributed by atoms with Crippen LogP contribution in [-0.2, 0) is 20.9 Å². The van der Waals surface area contributed by atoms with Crippen molar-refractivity contribution in [1.29, 1.82) is 0 Å². The van der Waals surface area contributed by atoms with Crippen molar-refractivity contribution < 1.29 is 28.6 Å². The molecule has 0 spiro atoms. The van der Waals surface area contributed by atoms with Crippen LogP contribution in [0.4, 0.5) is 5.69 Å². The Labute approximate surface area is 207 Å². The van der Waals surface area contributed by atoms with Crippen LogP contribution in [0.1, 0.15) is 15.9 Å². The molecule has 0 saturated carbocycles. The van der Waals surface area contributed by atoms with E-state index in [4.69, 9.17) is 14.2 Å². The maximum Gasteiger partial charge on any atom is 0.339 e. The zero-order valence-electron chi connectivity index (χ0n) is 19.1. The SMILES string of the molecule is CN(Cc1ccccc1)C(=O)COC(=O)c1ccccc1SCC(=O)Nc1ccc2c(c1)OCO2. The van der Waals surface area contributed by atoms with Crippen LogP contribution >= 0.6 is 11.8 Å². The summed E-state index contributed by atoms with van der Waals surface area (Å²) in [6.07, 6.45) is 0. The second-order valence-electron chi connectivity index (χ2n) is 7.71. The first kappa shape index (κ1) is 24.2. The molecule has 4 rings (SSSR count). The van der Waals surface area contributed by atoms with Crippen LogP contribution < -0.4 is 14.8 Å². The third-order valence-corrected chi connectivity index (χ3v) is 6.21. The van der Waals surface area contributed by atoms with Gasteiger partial charge in [0.25, 0.3) is 5.91 Å². The number of anilines is 1. The molecule has 3 aromatic rings. The van der Waals surface area contributed by atoms with Gasteiger partial charge in [-0.15, -0.1) is 11.8 Å². The van der Waals surface area contributed by atoms with Gasteiger partial charge in [0, 0.05) is 30.2 Å². The van der Waals surface area contributed by atoms with E-state index in [1.807, 2.05) is 30.3 Å². The number of rotatable bonds is 9. The van der Waals surface area contributed by atoms with Crippen molar-refractivity contribution in [3.63, 3.8) is 0 Å². The predicted molar refractivity (Wildman–Crippen MR) is 132 cm³/mol. The van der Waals surface area contributed by atoms with Crippen molar-refractivity contribution in [2.75, 3.05) is 31.5 Å². The fourth-order valence-corrected chi connectivity index (χ4v) is 4.18. The van der Waals surface area contributed by atoms with Gasteiger partial charge in [-0.2, -0.15) is 0 Å². The Morgan fingerprint density at radius 1 is 0.971 bits per heavy atom. The molecule has 180 valence electrons. The number of likely N-dealkylation sites (N-methyl/N-ethyl adjacent to an activating group) is 1. The first-order valence-corrected chi connectivity index (χ1v) is 11.8. The number of esters is 1. The van der Waals surface area contributed by atoms with Gasteiger partial charge in [0.15, 0.2) is 18.1 Å². The Balaban J connectivity index is 1.28. The highest BCUT2D eigenvalue weighted by molar-refractivity contribution is 8.00. The van der Waals surface area contributed by atoms with Crippen LogP contribution in [0.5, 0.6) is 11.5 Å². The molecule has 1 aliphatic rings. The highest BCUT2D eigenvalue weighted by Crippen LogP contribution is 2.34. The summed E-state index contributed by atoms with van der Waals surface area (Å²) in [7, 11) is 1.66. The smallest absolute Gasteiger partial charge is 0.339 e. The second-order valence-corrected chi connectivity index (χ2v) is 8.73. The van der Waals surface area contributed by atoms with Crippen LogP contribution in [0.2, 0.25) is 0 Å². The number of ether oxygens (including phenoxy) is 3. The average Bonchev–Trinajstić information content (AvgIpc) is 3.34. The van der Waals surface area contributed by atoms with Gasteiger partial charge < -0.3 is 24.4 Å². The number of carbonyl (C=O) groups is 3. The van der Waals surface area contributed by atoms with Crippen LogP contribution in [0.25, 0.3) is 0 Å². The molecule has 1 heterocycles. The standard InChI is InChI=1S/C26H24N2O6S/c1-28(14-18-7-3-2-4-8-18)25(30)15-32-26(31)20-9-5-6-10-23(20)35-16-24(29)27-19-11-12-21-22(13-19)34-17-33-21/h2-13H,14-17H2,1H3,(H,27,29). The number of hydrogen-bond donors (Lipinski definition) is 1. The predicted octanol–water partition coefficient (Wildman–Crippen LogP) is 3.96. The fourth-order valence-electron chi connectivity index (χ4n) is 3.34. The number of fused-ring (bicyclic) bond motifs is 1. The van der Waals surface area contributed by atoms with Crippen molar-refractivity contribution in [3.05, 3.63) is 83.9 Å². The lowest BCUT2D eigenvalue weighted by atomic mass is 10.2. The van der Waals surface area contributed by atoms with Crippen LogP contribution in [-0.4, -0.2) is 48.9 Å². The molecule has 1 N–H and O–H groups in total. The van der Waals surface area contributed by atoms with Crippen LogP contribution in [0.15, 0.2) is 77.7 Å². The van der Waals surface area contributed by atoms with Crippen molar-refractivity contribution in [2.45, 2.75) is 11.4 Å². The molecule has 0 fully saturated rings. The molecule has 0 bridgehead atoms. The van der Waals surface area contributed by atoms with E-state index in [1.165, 1.54) is 16.7 Å². The maximum absolute atomic E-state index is 12.7. The first-order valence-electron chi connectivity index (χ1n) is 10.9. The molecule has 8 nitrogen and oxygen atoms in total. The van der Waals surface area contributed by atoms with Crippen LogP contribution in [0, 0.1) is 0 Å². The Bertz CT molecular complexity index is 1220. The summed E-state index contributed by atoms with van der Waals surface area (Å²) in [5.41, 5.74) is 1.87. The molecular weight excluding hydrogens is 468 g/mol. The van der Waals surface area contributed by atoms with Crippen molar-refractivity contribution in [2.24, 2.45) is 0 Å². The molecule has 2 amide bonds. The molecule has 0 unspecified atom stereocenters. The molecule has 9 heteroatoms. The van der Waals surface area contributed by atoms with Gasteiger partial charge in [-0.1, -0.05) is 42.5 Å². The molecule has 3 aromatic carbocycles. The highest BCUT2D eigenvalue weighted by Gasteiger charge is 2.18. The van der Waals surface area contributed by atoms with Crippen molar-refractivity contribution in [3.8, 4) is 11.5 Å². The minimum atomic E-state index is -0.620. The van der Waals surface area contributed by atoms with Crippen molar-refractivity contribution in [1.82, 2.24) is 4.90 Å². The lowest BCUT2D eigenvalue weighted by molar-refractivity contribution is -0.133. The minimum Gasteiger partial charge on any atom is -0.454 e. The summed E-state index contributed by atoms with van der Waals surface area (Å²) >= 11 is 1.21. The quantitative estimate of drug-likeness (QED) is 0.357. The summed E-state index contributed by atoms with van der Waals surface area (Å²) in [4.78, 5) is 39.6. The summed E-state index contributed by atoms with van der Waals surface area (Å²) in [6.45, 7) is 0.207. The lowest BCUT2D eigenvalue weighted by Crippen LogP contribution is -2.30. The third-order valence-electron chi connectivity index (χ3n) is 5.14. The number of hydrogen-bond acceptors (Lipinski definition) is 7. The van der Waals surface area contributed by atoms with E-state index in [2.05, 4.69) is 5.32 Å². The van der Waals surface area contributed by atoms with Crippen molar-refractivity contribution >= 4 is 35.2 Å². The number of nitrogens with one attached hydrogen (secondary N) is 1. The summed E-state index contributed by atoms with van der Waals surface area (Å²) < 4.78 is 15.9. The van der Waals surface area contributed by atoms with E-state index >= 15 is 0 Å². The van der Waals surface area contributed by atoms with Gasteiger partial charge in [0.2, 0.25) is 12.7 Å². The average molecular weight is 493 g/mol. The fraction of sp³-hybridized carbons (Fsp3) is 0.192. The summed E-state index contributed by atoms with van der Waals surface area (Å²) in [5, 5.41) is 2.80. The van der Waals surface area contributed by atoms with Gasteiger partial charge in [-0.25, -0.2) is 4.79 Å². The largest absolute Gasteiger partial charge is 0.454 e. The minimum absolute atomic E-state index is 0.0808. The van der Waals surface area contributed by atoms with Gasteiger partial charge in [0.05, 0.1) is 11.3 Å². The molecule has 0 saturated heterocycles. The Morgan fingerprint density at radius 2 is 1.71 bits per heavy atom. The molecule has 0 atom stereocenters. The van der Waals surface area contributed by atoms with Gasteiger partial charge in [-0.3, -0.25) is 9.59 Å². The topological polar surface area (TPSA) is 94.2 Å². The number of carbonyl (C=O) groups excluding carboxylic acids is 3. The van der Waals surface area contributed by atoms with Gasteiger partial charge in [0.1, 0.15) is 0 Å². The molecule has 0 aliphatic carbocycles. The molecule has 0 radical (unpaired) electrons. The van der Waals surface area contributed by atoms with E-state index in [1.54, 1.807) is 49.5 Å². The Kier molecular flexibility index (Phi) is 7.89. The zero-order chi connectivity index (χ0) is 24.6. The summed E-state index contributed by atoms with van der Waals surface area (Å²) in [5.74, 6) is 0.121. The lowest BCUT2D eigenvalue weighted by Gasteiger charge is -2.17. The number of nitrogens with zero attached hydrogens (tertiary/aromatic N) is 1. The van der Waals surface area contributed by atoms with Crippen LogP contribution in [0.3, 0.4) is 0 Å². The maximum atomic E-state index is 12.7. The van der Waals surface area contributed by atoms with E-state index in [0.29, 0.717) is 34.2 Å². The van der Waals surface area contributed by atoms with Gasteiger partial charge >= 0.3 is 5.97 Å². The summed E-state index contributed by atoms with van der Waals surface area (Å²) in [6, 6.07) is 21.5. The molecule has 1 aliphatic heterocycles. The number of benzene rings is 3. The Morgan fingerprint density at radius 3 is 2.54 bits per heavy atom. The van der Waals surface area contributed by atoms with E-state index in [0.717, 1.165) is 5.56 Å². The normalized spacial score (nSPS) is 11.6.